The van der Waals surface area contributed by atoms with Crippen molar-refractivity contribution in [3.05, 3.63) is 24.3 Å². The zero-order valence-electron chi connectivity index (χ0n) is 11.2. The zero-order chi connectivity index (χ0) is 14.3. The molecule has 0 bridgehead atoms. The van der Waals surface area contributed by atoms with Crippen LogP contribution in [0.4, 0.5) is 15.3 Å². The Morgan fingerprint density at radius 3 is 2.63 bits per heavy atom. The molecule has 0 fully saturated rings. The third kappa shape index (κ3) is 5.76. The molecule has 1 aromatic carbocycles. The van der Waals surface area contributed by atoms with Gasteiger partial charge in [-0.15, -0.1) is 0 Å². The van der Waals surface area contributed by atoms with E-state index in [1.807, 2.05) is 13.8 Å². The molecule has 6 heteroatoms. The minimum atomic E-state index is -0.582. The van der Waals surface area contributed by atoms with E-state index >= 15 is 0 Å². The van der Waals surface area contributed by atoms with Gasteiger partial charge < -0.3 is 14.8 Å². The average Bonchev–Trinajstić information content (AvgIpc) is 2.36. The monoisotopic (exact) mass is 266 g/mol. The molecule has 19 heavy (non-hydrogen) atoms. The van der Waals surface area contributed by atoms with Crippen molar-refractivity contribution < 1.29 is 19.1 Å². The summed E-state index contributed by atoms with van der Waals surface area (Å²) in [7, 11) is 1.27. The molecule has 0 aliphatic rings. The van der Waals surface area contributed by atoms with Crippen molar-refractivity contribution in [1.82, 2.24) is 5.32 Å². The number of anilines is 1. The van der Waals surface area contributed by atoms with Crippen LogP contribution in [-0.4, -0.2) is 25.8 Å². The van der Waals surface area contributed by atoms with Gasteiger partial charge in [-0.3, -0.25) is 5.32 Å². The highest BCUT2D eigenvalue weighted by atomic mass is 16.6. The van der Waals surface area contributed by atoms with E-state index in [-0.39, 0.29) is 0 Å². The lowest BCUT2D eigenvalue weighted by Gasteiger charge is -2.09. The van der Waals surface area contributed by atoms with Crippen LogP contribution in [0.3, 0.4) is 0 Å². The van der Waals surface area contributed by atoms with E-state index in [2.05, 4.69) is 15.4 Å². The van der Waals surface area contributed by atoms with E-state index in [0.29, 0.717) is 23.9 Å². The summed E-state index contributed by atoms with van der Waals surface area (Å²) in [5.41, 5.74) is 0.487. The summed E-state index contributed by atoms with van der Waals surface area (Å²) in [6.45, 7) is 4.52. The lowest BCUT2D eigenvalue weighted by molar-refractivity contribution is 0.187. The number of hydrogen-bond donors (Lipinski definition) is 2. The molecule has 0 aliphatic heterocycles. The molecule has 0 heterocycles. The molecule has 0 atom stereocenters. The molecule has 0 aliphatic carbocycles. The van der Waals surface area contributed by atoms with Crippen molar-refractivity contribution in [3.63, 3.8) is 0 Å². The normalized spacial score (nSPS) is 9.89. The molecule has 1 rings (SSSR count). The first kappa shape index (κ1) is 14.8. The average molecular weight is 266 g/mol. The van der Waals surface area contributed by atoms with Crippen LogP contribution < -0.4 is 15.4 Å². The first-order valence-corrected chi connectivity index (χ1v) is 5.92. The van der Waals surface area contributed by atoms with E-state index < -0.39 is 12.2 Å². The van der Waals surface area contributed by atoms with Crippen LogP contribution >= 0.6 is 0 Å². The highest BCUT2D eigenvalue weighted by Gasteiger charge is 2.06. The Bertz CT molecular complexity index is 446. The SMILES string of the molecule is COC(=O)Nc1cccc(OC(=O)NCC(C)C)c1. The van der Waals surface area contributed by atoms with Crippen molar-refractivity contribution in [2.75, 3.05) is 19.0 Å². The minimum absolute atomic E-state index is 0.343. The van der Waals surface area contributed by atoms with Crippen LogP contribution in [0.15, 0.2) is 24.3 Å². The first-order chi connectivity index (χ1) is 9.01. The quantitative estimate of drug-likeness (QED) is 0.878. The molecule has 0 saturated carbocycles. The van der Waals surface area contributed by atoms with Crippen LogP contribution in [-0.2, 0) is 4.74 Å². The van der Waals surface area contributed by atoms with E-state index in [1.165, 1.54) is 13.2 Å². The van der Waals surface area contributed by atoms with Gasteiger partial charge >= 0.3 is 12.2 Å². The molecule has 1 aromatic rings. The van der Waals surface area contributed by atoms with Gasteiger partial charge in [0.1, 0.15) is 5.75 Å². The highest BCUT2D eigenvalue weighted by molar-refractivity contribution is 5.84. The van der Waals surface area contributed by atoms with Gasteiger partial charge in [0.05, 0.1) is 7.11 Å². The minimum Gasteiger partial charge on any atom is -0.453 e. The van der Waals surface area contributed by atoms with Crippen molar-refractivity contribution in [2.24, 2.45) is 5.92 Å². The van der Waals surface area contributed by atoms with Gasteiger partial charge in [-0.2, -0.15) is 0 Å². The van der Waals surface area contributed by atoms with Crippen LogP contribution in [0.2, 0.25) is 0 Å². The number of nitrogens with one attached hydrogen (secondary N) is 2. The maximum absolute atomic E-state index is 11.5. The second-order valence-electron chi connectivity index (χ2n) is 4.31. The van der Waals surface area contributed by atoms with Gasteiger partial charge in [0.25, 0.3) is 0 Å². The van der Waals surface area contributed by atoms with Gasteiger partial charge in [-0.25, -0.2) is 9.59 Å². The van der Waals surface area contributed by atoms with Gasteiger partial charge in [0.2, 0.25) is 0 Å². The molecule has 0 saturated heterocycles. The van der Waals surface area contributed by atoms with Crippen molar-refractivity contribution in [1.29, 1.82) is 0 Å². The Morgan fingerprint density at radius 2 is 2.00 bits per heavy atom. The Labute approximate surface area is 112 Å². The number of carbonyl (C=O) groups is 2. The summed E-state index contributed by atoms with van der Waals surface area (Å²) in [6, 6.07) is 6.48. The molecular formula is C13H18N2O4. The second-order valence-corrected chi connectivity index (χ2v) is 4.31. The number of ether oxygens (including phenoxy) is 2. The van der Waals surface area contributed by atoms with E-state index in [4.69, 9.17) is 4.74 Å². The number of carbonyl (C=O) groups excluding carboxylic acids is 2. The van der Waals surface area contributed by atoms with Crippen molar-refractivity contribution >= 4 is 17.9 Å². The Hall–Kier alpha value is -2.24. The van der Waals surface area contributed by atoms with Gasteiger partial charge in [0.15, 0.2) is 0 Å². The molecule has 2 N–H and O–H groups in total. The second kappa shape index (κ2) is 7.25. The van der Waals surface area contributed by atoms with Crippen LogP contribution in [0.5, 0.6) is 5.75 Å². The Kier molecular flexibility index (Phi) is 5.66. The predicted octanol–water partition coefficient (Wildman–Crippen LogP) is 2.61. The van der Waals surface area contributed by atoms with Crippen molar-refractivity contribution in [2.45, 2.75) is 13.8 Å². The van der Waals surface area contributed by atoms with Gasteiger partial charge in [-0.05, 0) is 18.1 Å². The van der Waals surface area contributed by atoms with Gasteiger partial charge in [-0.1, -0.05) is 19.9 Å². The highest BCUT2D eigenvalue weighted by Crippen LogP contribution is 2.17. The Balaban J connectivity index is 2.56. The van der Waals surface area contributed by atoms with Crippen molar-refractivity contribution in [3.8, 4) is 5.75 Å². The third-order valence-corrected chi connectivity index (χ3v) is 2.13. The summed E-state index contributed by atoms with van der Waals surface area (Å²) in [5.74, 6) is 0.690. The van der Waals surface area contributed by atoms with Crippen LogP contribution in [0.1, 0.15) is 13.8 Å². The maximum atomic E-state index is 11.5. The predicted molar refractivity (Wildman–Crippen MR) is 71.3 cm³/mol. The summed E-state index contributed by atoms with van der Waals surface area (Å²) < 4.78 is 9.55. The largest absolute Gasteiger partial charge is 0.453 e. The fraction of sp³-hybridized carbons (Fsp3) is 0.385. The van der Waals surface area contributed by atoms with E-state index in [9.17, 15) is 9.59 Å². The number of hydrogen-bond acceptors (Lipinski definition) is 4. The zero-order valence-corrected chi connectivity index (χ0v) is 11.2. The lowest BCUT2D eigenvalue weighted by Crippen LogP contribution is -2.30. The molecule has 0 radical (unpaired) electrons. The lowest BCUT2D eigenvalue weighted by atomic mass is 10.2. The third-order valence-electron chi connectivity index (χ3n) is 2.13. The molecule has 104 valence electrons. The summed E-state index contributed by atoms with van der Waals surface area (Å²) >= 11 is 0. The molecule has 2 amide bonds. The molecule has 0 unspecified atom stereocenters. The van der Waals surface area contributed by atoms with E-state index in [0.717, 1.165) is 0 Å². The summed E-state index contributed by atoms with van der Waals surface area (Å²) in [5, 5.41) is 5.11. The molecule has 6 nitrogen and oxygen atoms in total. The topological polar surface area (TPSA) is 76.7 Å². The number of amides is 2. The standard InChI is InChI=1S/C13H18N2O4/c1-9(2)8-14-12(16)19-11-6-4-5-10(7-11)15-13(17)18-3/h4-7,9H,8H2,1-3H3,(H,14,16)(H,15,17). The fourth-order valence-corrected chi connectivity index (χ4v) is 1.24. The maximum Gasteiger partial charge on any atom is 0.412 e. The summed E-state index contributed by atoms with van der Waals surface area (Å²) in [4.78, 5) is 22.5. The number of benzene rings is 1. The summed E-state index contributed by atoms with van der Waals surface area (Å²) in [6.07, 6.45) is -1.11. The molecule has 0 spiro atoms. The molecule has 0 aromatic heterocycles. The van der Waals surface area contributed by atoms with Gasteiger partial charge in [0, 0.05) is 18.3 Å². The van der Waals surface area contributed by atoms with E-state index in [1.54, 1.807) is 18.2 Å². The van der Waals surface area contributed by atoms with Crippen LogP contribution in [0.25, 0.3) is 0 Å². The molecular weight excluding hydrogens is 248 g/mol. The number of methoxy groups -OCH3 is 1. The Morgan fingerprint density at radius 1 is 1.26 bits per heavy atom. The van der Waals surface area contributed by atoms with Crippen LogP contribution in [0, 0.1) is 5.92 Å². The number of rotatable bonds is 4. The first-order valence-electron chi connectivity index (χ1n) is 5.92. The fourth-order valence-electron chi connectivity index (χ4n) is 1.24. The smallest absolute Gasteiger partial charge is 0.412 e.